The Morgan fingerprint density at radius 3 is 2.71 bits per heavy atom. The molecule has 0 bridgehead atoms. The van der Waals surface area contributed by atoms with Gasteiger partial charge in [-0.15, -0.1) is 24.0 Å². The zero-order chi connectivity index (χ0) is 14.6. The molecule has 1 rings (SSSR count). The molecule has 0 atom stereocenters. The molecule has 0 spiro atoms. The van der Waals surface area contributed by atoms with E-state index in [1.54, 1.807) is 12.1 Å². The highest BCUT2D eigenvalue weighted by Crippen LogP contribution is 1.99. The van der Waals surface area contributed by atoms with Crippen molar-refractivity contribution in [1.29, 1.82) is 0 Å². The third-order valence-electron chi connectivity index (χ3n) is 2.76. The van der Waals surface area contributed by atoms with E-state index in [1.807, 2.05) is 0 Å². The van der Waals surface area contributed by atoms with Crippen LogP contribution in [-0.2, 0) is 0 Å². The number of hydrogen-bond donors (Lipinski definition) is 3. The molecule has 1 heterocycles. The topological polar surface area (TPSA) is 92.6 Å². The highest BCUT2D eigenvalue weighted by atomic mass is 127. The smallest absolute Gasteiger partial charge is 0.287 e. The lowest BCUT2D eigenvalue weighted by atomic mass is 10.2. The van der Waals surface area contributed by atoms with Gasteiger partial charge in [0, 0.05) is 19.6 Å². The van der Waals surface area contributed by atoms with E-state index in [2.05, 4.69) is 22.5 Å². The summed E-state index contributed by atoms with van der Waals surface area (Å²) < 4.78 is 4.98. The van der Waals surface area contributed by atoms with Crippen molar-refractivity contribution in [2.75, 3.05) is 19.6 Å². The Morgan fingerprint density at radius 2 is 2.05 bits per heavy atom. The number of aliphatic imine (C=N–C) groups is 1. The van der Waals surface area contributed by atoms with Gasteiger partial charge in [0.25, 0.3) is 5.91 Å². The third kappa shape index (κ3) is 9.33. The van der Waals surface area contributed by atoms with Crippen LogP contribution in [0.15, 0.2) is 27.8 Å². The van der Waals surface area contributed by atoms with Crippen LogP contribution in [0.3, 0.4) is 0 Å². The molecule has 120 valence electrons. The highest BCUT2D eigenvalue weighted by Gasteiger charge is 2.06. The van der Waals surface area contributed by atoms with E-state index in [0.717, 1.165) is 13.0 Å². The van der Waals surface area contributed by atoms with Crippen LogP contribution in [0.2, 0.25) is 0 Å². The standard InChI is InChI=1S/C14H24N4O2.HI/c1-2-3-4-5-8-17-14(15)18-10-9-16-13(19)12-7-6-11-20-12;/h6-7,11H,2-5,8-10H2,1H3,(H,16,19)(H3,15,17,18);1H. The highest BCUT2D eigenvalue weighted by molar-refractivity contribution is 14.0. The molecule has 0 aliphatic rings. The van der Waals surface area contributed by atoms with Crippen LogP contribution in [0.5, 0.6) is 0 Å². The quantitative estimate of drug-likeness (QED) is 0.253. The van der Waals surface area contributed by atoms with Gasteiger partial charge in [0.15, 0.2) is 11.7 Å². The number of guanidine groups is 1. The predicted octanol–water partition coefficient (Wildman–Crippen LogP) is 2.11. The largest absolute Gasteiger partial charge is 0.459 e. The van der Waals surface area contributed by atoms with Crippen molar-refractivity contribution in [3.8, 4) is 0 Å². The van der Waals surface area contributed by atoms with Gasteiger partial charge in [0.1, 0.15) is 0 Å². The molecule has 0 radical (unpaired) electrons. The minimum Gasteiger partial charge on any atom is -0.459 e. The van der Waals surface area contributed by atoms with Crippen molar-refractivity contribution in [3.63, 3.8) is 0 Å². The molecule has 1 amide bonds. The minimum absolute atomic E-state index is 0. The molecule has 0 aliphatic heterocycles. The fourth-order valence-corrected chi connectivity index (χ4v) is 1.66. The molecule has 0 saturated carbocycles. The number of hydrogen-bond acceptors (Lipinski definition) is 3. The second kappa shape index (κ2) is 12.5. The van der Waals surface area contributed by atoms with E-state index >= 15 is 0 Å². The fraction of sp³-hybridized carbons (Fsp3) is 0.571. The van der Waals surface area contributed by atoms with Gasteiger partial charge in [-0.3, -0.25) is 9.79 Å². The summed E-state index contributed by atoms with van der Waals surface area (Å²) in [6.07, 6.45) is 6.17. The molecule has 1 aromatic rings. The molecule has 21 heavy (non-hydrogen) atoms. The van der Waals surface area contributed by atoms with Crippen molar-refractivity contribution in [1.82, 2.24) is 10.6 Å². The molecule has 6 nitrogen and oxygen atoms in total. The molecular formula is C14H25IN4O2. The summed E-state index contributed by atoms with van der Waals surface area (Å²) in [5.41, 5.74) is 5.71. The number of nitrogens with zero attached hydrogens (tertiary/aromatic N) is 1. The zero-order valence-corrected chi connectivity index (χ0v) is 14.8. The van der Waals surface area contributed by atoms with Gasteiger partial charge in [-0.05, 0) is 18.6 Å². The van der Waals surface area contributed by atoms with Gasteiger partial charge < -0.3 is 20.8 Å². The van der Waals surface area contributed by atoms with Crippen molar-refractivity contribution in [3.05, 3.63) is 24.2 Å². The molecule has 1 aromatic heterocycles. The van der Waals surface area contributed by atoms with Gasteiger partial charge in [-0.2, -0.15) is 0 Å². The SMILES string of the molecule is CCCCCCN=C(N)NCCNC(=O)c1ccco1.I. The first-order chi connectivity index (χ1) is 9.74. The number of amides is 1. The van der Waals surface area contributed by atoms with Gasteiger partial charge >= 0.3 is 0 Å². The van der Waals surface area contributed by atoms with E-state index in [-0.39, 0.29) is 29.9 Å². The maximum atomic E-state index is 11.5. The van der Waals surface area contributed by atoms with E-state index < -0.39 is 0 Å². The van der Waals surface area contributed by atoms with Gasteiger partial charge in [-0.1, -0.05) is 26.2 Å². The molecule has 7 heteroatoms. The number of unbranched alkanes of at least 4 members (excludes halogenated alkanes) is 3. The van der Waals surface area contributed by atoms with Crippen molar-refractivity contribution >= 4 is 35.8 Å². The second-order valence-electron chi connectivity index (χ2n) is 4.49. The Labute approximate surface area is 143 Å². The number of halogens is 1. The fourth-order valence-electron chi connectivity index (χ4n) is 1.66. The van der Waals surface area contributed by atoms with E-state index in [9.17, 15) is 4.79 Å². The van der Waals surface area contributed by atoms with Crippen molar-refractivity contribution in [2.24, 2.45) is 10.7 Å². The summed E-state index contributed by atoms with van der Waals surface area (Å²) in [5, 5.41) is 5.68. The Bertz CT molecular complexity index is 407. The van der Waals surface area contributed by atoms with Crippen LogP contribution in [0, 0.1) is 0 Å². The van der Waals surface area contributed by atoms with Crippen LogP contribution in [0.1, 0.15) is 43.2 Å². The first-order valence-corrected chi connectivity index (χ1v) is 7.09. The summed E-state index contributed by atoms with van der Waals surface area (Å²) in [7, 11) is 0. The predicted molar refractivity (Wildman–Crippen MR) is 95.1 cm³/mol. The van der Waals surface area contributed by atoms with Crippen LogP contribution >= 0.6 is 24.0 Å². The first kappa shape index (κ1) is 19.8. The molecule has 0 fully saturated rings. The lowest BCUT2D eigenvalue weighted by Crippen LogP contribution is -2.38. The number of rotatable bonds is 9. The summed E-state index contributed by atoms with van der Waals surface area (Å²) in [6, 6.07) is 3.30. The number of furan rings is 1. The average Bonchev–Trinajstić information content (AvgIpc) is 2.97. The van der Waals surface area contributed by atoms with E-state index in [1.165, 1.54) is 25.5 Å². The normalized spacial score (nSPS) is 10.8. The van der Waals surface area contributed by atoms with Crippen LogP contribution < -0.4 is 16.4 Å². The Hall–Kier alpha value is -1.25. The van der Waals surface area contributed by atoms with Gasteiger partial charge in [0.05, 0.1) is 6.26 Å². The number of carbonyl (C=O) groups excluding carboxylic acids is 1. The maximum Gasteiger partial charge on any atom is 0.287 e. The van der Waals surface area contributed by atoms with E-state index in [0.29, 0.717) is 24.8 Å². The van der Waals surface area contributed by atoms with E-state index in [4.69, 9.17) is 10.2 Å². The Morgan fingerprint density at radius 1 is 1.29 bits per heavy atom. The first-order valence-electron chi connectivity index (χ1n) is 7.09. The average molecular weight is 408 g/mol. The van der Waals surface area contributed by atoms with Gasteiger partial charge in [0.2, 0.25) is 0 Å². The van der Waals surface area contributed by atoms with Crippen LogP contribution in [-0.4, -0.2) is 31.5 Å². The number of nitrogens with one attached hydrogen (secondary N) is 2. The molecule has 0 aliphatic carbocycles. The summed E-state index contributed by atoms with van der Waals surface area (Å²) in [6.45, 7) is 3.93. The maximum absolute atomic E-state index is 11.5. The molecule has 0 aromatic carbocycles. The number of carbonyl (C=O) groups is 1. The molecule has 0 saturated heterocycles. The third-order valence-corrected chi connectivity index (χ3v) is 2.76. The van der Waals surface area contributed by atoms with Crippen molar-refractivity contribution in [2.45, 2.75) is 32.6 Å². The minimum atomic E-state index is -0.230. The summed E-state index contributed by atoms with van der Waals surface area (Å²) in [4.78, 5) is 15.7. The molecule has 4 N–H and O–H groups in total. The lowest BCUT2D eigenvalue weighted by molar-refractivity contribution is 0.0926. The Kier molecular flexibility index (Phi) is 11.7. The second-order valence-corrected chi connectivity index (χ2v) is 4.49. The summed E-state index contributed by atoms with van der Waals surface area (Å²) in [5.74, 6) is 0.503. The van der Waals surface area contributed by atoms with Gasteiger partial charge in [-0.25, -0.2) is 0 Å². The molecule has 0 unspecified atom stereocenters. The summed E-state index contributed by atoms with van der Waals surface area (Å²) >= 11 is 0. The lowest BCUT2D eigenvalue weighted by Gasteiger charge is -2.06. The van der Waals surface area contributed by atoms with Crippen LogP contribution in [0.25, 0.3) is 0 Å². The monoisotopic (exact) mass is 408 g/mol. The van der Waals surface area contributed by atoms with Crippen LogP contribution in [0.4, 0.5) is 0 Å². The number of nitrogens with two attached hydrogens (primary N) is 1. The van der Waals surface area contributed by atoms with Crippen molar-refractivity contribution < 1.29 is 9.21 Å². The zero-order valence-electron chi connectivity index (χ0n) is 12.4. The molecular weight excluding hydrogens is 383 g/mol. The Balaban J connectivity index is 0.00000400.